The van der Waals surface area contributed by atoms with Gasteiger partial charge in [0.2, 0.25) is 0 Å². The van der Waals surface area contributed by atoms with Gasteiger partial charge in [0.15, 0.2) is 11.7 Å². The SMILES string of the molecule is N#Cc1c(NC(=O)c2cc3n(n2)[C@H](C(F)(F)F)C[C@@H](c2ccc(Br)cc2)N3)sc2c1CCCC2. The average molecular weight is 550 g/mol. The summed E-state index contributed by atoms with van der Waals surface area (Å²) in [5.74, 6) is -0.516. The van der Waals surface area contributed by atoms with Crippen LogP contribution in [-0.2, 0) is 12.8 Å². The summed E-state index contributed by atoms with van der Waals surface area (Å²) in [6.07, 6.45) is -1.12. The van der Waals surface area contributed by atoms with Gasteiger partial charge < -0.3 is 10.6 Å². The fourth-order valence-electron chi connectivity index (χ4n) is 4.54. The molecule has 2 N–H and O–H groups in total. The molecule has 1 aliphatic heterocycles. The number of nitriles is 1. The van der Waals surface area contributed by atoms with Gasteiger partial charge in [-0.2, -0.15) is 23.5 Å². The number of alkyl halides is 3. The molecule has 0 spiro atoms. The molecule has 0 fully saturated rings. The molecule has 0 unspecified atom stereocenters. The Kier molecular flexibility index (Phi) is 5.90. The lowest BCUT2D eigenvalue weighted by molar-refractivity contribution is -0.173. The third-order valence-corrected chi connectivity index (χ3v) is 7.94. The third kappa shape index (κ3) is 4.20. The summed E-state index contributed by atoms with van der Waals surface area (Å²) in [6.45, 7) is 0. The Morgan fingerprint density at radius 1 is 1.26 bits per heavy atom. The Balaban J connectivity index is 1.45. The van der Waals surface area contributed by atoms with Crippen molar-refractivity contribution >= 4 is 44.0 Å². The van der Waals surface area contributed by atoms with Crippen LogP contribution in [0.25, 0.3) is 0 Å². The zero-order valence-electron chi connectivity index (χ0n) is 17.7. The van der Waals surface area contributed by atoms with Crippen LogP contribution in [0.1, 0.15) is 63.4 Å². The van der Waals surface area contributed by atoms with Crippen molar-refractivity contribution in [3.63, 3.8) is 0 Å². The predicted molar refractivity (Wildman–Crippen MR) is 126 cm³/mol. The highest BCUT2D eigenvalue weighted by Gasteiger charge is 2.46. The van der Waals surface area contributed by atoms with E-state index in [4.69, 9.17) is 0 Å². The van der Waals surface area contributed by atoms with E-state index < -0.39 is 24.2 Å². The summed E-state index contributed by atoms with van der Waals surface area (Å²) in [6, 6.07) is 8.11. The first kappa shape index (κ1) is 22.9. The molecular weight excluding hydrogens is 531 g/mol. The quantitative estimate of drug-likeness (QED) is 0.397. The van der Waals surface area contributed by atoms with Crippen LogP contribution >= 0.6 is 27.3 Å². The molecule has 0 saturated carbocycles. The minimum Gasteiger partial charge on any atom is -0.363 e. The monoisotopic (exact) mass is 549 g/mol. The van der Waals surface area contributed by atoms with E-state index in [1.807, 2.05) is 0 Å². The van der Waals surface area contributed by atoms with E-state index in [-0.39, 0.29) is 17.9 Å². The summed E-state index contributed by atoms with van der Waals surface area (Å²) in [7, 11) is 0. The summed E-state index contributed by atoms with van der Waals surface area (Å²) in [4.78, 5) is 14.0. The highest BCUT2D eigenvalue weighted by atomic mass is 79.9. The number of hydrogen-bond donors (Lipinski definition) is 2. The van der Waals surface area contributed by atoms with Gasteiger partial charge in [-0.1, -0.05) is 28.1 Å². The number of aryl methyl sites for hydroxylation is 1. The second-order valence-electron chi connectivity index (χ2n) is 8.38. The van der Waals surface area contributed by atoms with Gasteiger partial charge in [-0.25, -0.2) is 4.68 Å². The molecule has 6 nitrogen and oxygen atoms in total. The van der Waals surface area contributed by atoms with Crippen molar-refractivity contribution in [2.24, 2.45) is 0 Å². The molecule has 3 aromatic rings. The normalized spacial score (nSPS) is 19.5. The van der Waals surface area contributed by atoms with Crippen LogP contribution in [-0.4, -0.2) is 21.9 Å². The van der Waals surface area contributed by atoms with Crippen LogP contribution in [0.2, 0.25) is 0 Å². The van der Waals surface area contributed by atoms with Crippen molar-refractivity contribution in [3.05, 3.63) is 62.1 Å². The molecule has 2 atom stereocenters. The number of amides is 1. The van der Waals surface area contributed by atoms with E-state index in [1.165, 1.54) is 17.4 Å². The van der Waals surface area contributed by atoms with Gasteiger partial charge in [-0.15, -0.1) is 11.3 Å². The lowest BCUT2D eigenvalue weighted by Crippen LogP contribution is -2.35. The highest BCUT2D eigenvalue weighted by Crippen LogP contribution is 2.44. The fourth-order valence-corrected chi connectivity index (χ4v) is 6.04. The van der Waals surface area contributed by atoms with Crippen molar-refractivity contribution in [2.45, 2.75) is 50.4 Å². The molecule has 0 saturated heterocycles. The molecule has 176 valence electrons. The maximum absolute atomic E-state index is 13.9. The number of thiophene rings is 1. The number of carbonyl (C=O) groups is 1. The van der Waals surface area contributed by atoms with Crippen LogP contribution in [0.3, 0.4) is 0 Å². The van der Waals surface area contributed by atoms with Gasteiger partial charge in [0.25, 0.3) is 5.91 Å². The molecule has 2 aromatic heterocycles. The number of fused-ring (bicyclic) bond motifs is 2. The van der Waals surface area contributed by atoms with E-state index in [0.717, 1.165) is 45.3 Å². The predicted octanol–water partition coefficient (Wildman–Crippen LogP) is 6.37. The van der Waals surface area contributed by atoms with Crippen LogP contribution < -0.4 is 10.6 Å². The van der Waals surface area contributed by atoms with E-state index in [1.54, 1.807) is 24.3 Å². The molecule has 3 heterocycles. The van der Waals surface area contributed by atoms with Gasteiger partial charge in [-0.05, 0) is 48.9 Å². The summed E-state index contributed by atoms with van der Waals surface area (Å²) >= 11 is 4.70. The molecule has 34 heavy (non-hydrogen) atoms. The van der Waals surface area contributed by atoms with Crippen molar-refractivity contribution in [1.82, 2.24) is 9.78 Å². The minimum absolute atomic E-state index is 0.123. The number of benzene rings is 1. The minimum atomic E-state index is -4.54. The van der Waals surface area contributed by atoms with Crippen LogP contribution in [0.4, 0.5) is 24.0 Å². The van der Waals surface area contributed by atoms with Gasteiger partial charge in [0.05, 0.1) is 11.6 Å². The second-order valence-corrected chi connectivity index (χ2v) is 10.4. The first-order valence-corrected chi connectivity index (χ1v) is 12.4. The number of halogens is 4. The number of nitrogens with zero attached hydrogens (tertiary/aromatic N) is 3. The molecule has 0 radical (unpaired) electrons. The van der Waals surface area contributed by atoms with Crippen molar-refractivity contribution in [2.75, 3.05) is 10.6 Å². The Bertz CT molecular complexity index is 1290. The Hall–Kier alpha value is -2.84. The summed E-state index contributed by atoms with van der Waals surface area (Å²) in [5, 5.41) is 19.9. The maximum atomic E-state index is 13.9. The number of aromatic nitrogens is 2. The smallest absolute Gasteiger partial charge is 0.363 e. The molecule has 11 heteroatoms. The Morgan fingerprint density at radius 3 is 2.71 bits per heavy atom. The Morgan fingerprint density at radius 2 is 2.00 bits per heavy atom. The zero-order valence-corrected chi connectivity index (χ0v) is 20.1. The third-order valence-electron chi connectivity index (χ3n) is 6.21. The molecule has 1 aliphatic carbocycles. The van der Waals surface area contributed by atoms with E-state index >= 15 is 0 Å². The molecule has 0 bridgehead atoms. The van der Waals surface area contributed by atoms with Crippen molar-refractivity contribution < 1.29 is 18.0 Å². The number of anilines is 2. The van der Waals surface area contributed by atoms with Crippen LogP contribution in [0.5, 0.6) is 0 Å². The topological polar surface area (TPSA) is 82.7 Å². The number of rotatable bonds is 3. The van der Waals surface area contributed by atoms with E-state index in [9.17, 15) is 23.2 Å². The summed E-state index contributed by atoms with van der Waals surface area (Å²) < 4.78 is 43.5. The van der Waals surface area contributed by atoms with Crippen LogP contribution in [0.15, 0.2) is 34.8 Å². The molecule has 1 aromatic carbocycles. The number of hydrogen-bond acceptors (Lipinski definition) is 5. The van der Waals surface area contributed by atoms with Gasteiger partial charge >= 0.3 is 6.18 Å². The van der Waals surface area contributed by atoms with Crippen molar-refractivity contribution in [1.29, 1.82) is 5.26 Å². The highest BCUT2D eigenvalue weighted by molar-refractivity contribution is 9.10. The lowest BCUT2D eigenvalue weighted by Gasteiger charge is -2.33. The second kappa shape index (κ2) is 8.74. The van der Waals surface area contributed by atoms with Crippen LogP contribution in [0, 0.1) is 11.3 Å². The standard InChI is InChI=1S/C23H19BrF3N5OS/c24-13-7-5-12(6-8-13)16-9-19(23(25,26)27)32-20(29-16)10-17(31-32)21(33)30-22-15(11-28)14-3-1-2-4-18(14)34-22/h5-8,10,16,19,29H,1-4,9H2,(H,30,33)/t16-,19-/m0/s1. The first-order chi connectivity index (χ1) is 16.2. The molecule has 5 rings (SSSR count). The number of carbonyl (C=O) groups excluding carboxylic acids is 1. The first-order valence-electron chi connectivity index (χ1n) is 10.8. The zero-order chi connectivity index (χ0) is 24.0. The molecule has 1 amide bonds. The van der Waals surface area contributed by atoms with E-state index in [2.05, 4.69) is 37.7 Å². The average Bonchev–Trinajstić information content (AvgIpc) is 3.39. The lowest BCUT2D eigenvalue weighted by atomic mass is 9.96. The number of nitrogens with one attached hydrogen (secondary N) is 2. The summed E-state index contributed by atoms with van der Waals surface area (Å²) in [5.41, 5.74) is 1.98. The van der Waals surface area contributed by atoms with E-state index in [0.29, 0.717) is 16.1 Å². The molecular formula is C23H19BrF3N5OS. The maximum Gasteiger partial charge on any atom is 0.410 e. The molecule has 2 aliphatic rings. The van der Waals surface area contributed by atoms with Gasteiger partial charge in [-0.3, -0.25) is 4.79 Å². The largest absolute Gasteiger partial charge is 0.410 e. The fraction of sp³-hybridized carbons (Fsp3) is 0.348. The Labute approximate surface area is 205 Å². The van der Waals surface area contributed by atoms with Gasteiger partial charge in [0.1, 0.15) is 16.9 Å². The van der Waals surface area contributed by atoms with Crippen molar-refractivity contribution in [3.8, 4) is 6.07 Å². The van der Waals surface area contributed by atoms with Gasteiger partial charge in [0, 0.05) is 21.8 Å².